The lowest BCUT2D eigenvalue weighted by Crippen LogP contribution is -2.02. The summed E-state index contributed by atoms with van der Waals surface area (Å²) in [5.74, 6) is -0.950. The van der Waals surface area contributed by atoms with Crippen molar-refractivity contribution >= 4 is 44.0 Å². The zero-order valence-corrected chi connectivity index (χ0v) is 9.04. The molecule has 0 fully saturated rings. The molecule has 3 nitrogen and oxygen atoms in total. The van der Waals surface area contributed by atoms with Crippen molar-refractivity contribution in [2.24, 2.45) is 0 Å². The summed E-state index contributed by atoms with van der Waals surface area (Å²) in [6.07, 6.45) is 0. The topological polar surface area (TPSA) is 40.5 Å². The second-order valence-electron chi connectivity index (χ2n) is 2.06. The molecule has 0 atom stereocenters. The number of carboxylic acids is 1. The van der Waals surface area contributed by atoms with Gasteiger partial charge in [-0.05, 0) is 12.1 Å². The first kappa shape index (κ1) is 9.54. The van der Waals surface area contributed by atoms with Crippen LogP contribution in [0, 0.1) is 0 Å². The zero-order chi connectivity index (χ0) is 9.14. The summed E-state index contributed by atoms with van der Waals surface area (Å²) in [5, 5.41) is 8.75. The lowest BCUT2D eigenvalue weighted by molar-refractivity contribution is 0.0698. The summed E-state index contributed by atoms with van der Waals surface area (Å²) in [5.41, 5.74) is 0.802. The number of carbonyl (C=O) groups is 1. The Hall–Kier alpha value is -0.550. The van der Waals surface area contributed by atoms with Gasteiger partial charge in [-0.15, -0.1) is 0 Å². The molecule has 0 saturated heterocycles. The molecule has 12 heavy (non-hydrogen) atoms. The summed E-state index contributed by atoms with van der Waals surface area (Å²) in [6.45, 7) is 0. The molecule has 1 N–H and O–H groups in total. The number of hydrogen-bond donors (Lipinski definition) is 1. The van der Waals surface area contributed by atoms with Crippen molar-refractivity contribution in [3.05, 3.63) is 29.8 Å². The fourth-order valence-electron chi connectivity index (χ4n) is 0.802. The van der Waals surface area contributed by atoms with Crippen LogP contribution in [0.4, 0.5) is 5.69 Å². The molecule has 0 saturated carbocycles. The number of aromatic carboxylic acids is 1. The molecule has 0 radical (unpaired) electrons. The third-order valence-corrected chi connectivity index (χ3v) is 2.08. The predicted octanol–water partition coefficient (Wildman–Crippen LogP) is 2.81. The maximum absolute atomic E-state index is 10.7. The van der Waals surface area contributed by atoms with Crippen LogP contribution in [0.5, 0.6) is 0 Å². The van der Waals surface area contributed by atoms with Gasteiger partial charge in [-0.3, -0.25) is 0 Å². The minimum atomic E-state index is -0.950. The number of hydrogen-bond acceptors (Lipinski definition) is 2. The maximum atomic E-state index is 10.7. The van der Waals surface area contributed by atoms with Gasteiger partial charge in [0.25, 0.3) is 0 Å². The van der Waals surface area contributed by atoms with E-state index in [2.05, 4.69) is 32.3 Å². The van der Waals surface area contributed by atoms with E-state index in [1.54, 1.807) is 18.2 Å². The Morgan fingerprint density at radius 1 is 1.33 bits per heavy atom. The van der Waals surface area contributed by atoms with E-state index in [9.17, 15) is 4.79 Å². The molecule has 0 heterocycles. The molecule has 0 aliphatic heterocycles. The standard InChI is InChI=1S/C7H5Br2NO2/c8-10(9)6-4-2-1-3-5(6)7(11)12/h1-4H,(H,11,12). The number of carboxylic acid groups (broad SMARTS) is 1. The van der Waals surface area contributed by atoms with Gasteiger partial charge in [-0.25, -0.2) is 7.75 Å². The van der Waals surface area contributed by atoms with E-state index in [0.29, 0.717) is 5.69 Å². The van der Waals surface area contributed by atoms with Gasteiger partial charge >= 0.3 is 5.97 Å². The average Bonchev–Trinajstić information content (AvgIpc) is 2.04. The van der Waals surface area contributed by atoms with Crippen LogP contribution < -0.4 is 2.95 Å². The third kappa shape index (κ3) is 1.98. The highest BCUT2D eigenvalue weighted by atomic mass is 79.9. The molecular formula is C7H5Br2NO2. The van der Waals surface area contributed by atoms with Crippen LogP contribution >= 0.6 is 32.3 Å². The van der Waals surface area contributed by atoms with Crippen molar-refractivity contribution in [1.82, 2.24) is 0 Å². The second-order valence-corrected chi connectivity index (χ2v) is 4.43. The van der Waals surface area contributed by atoms with Crippen molar-refractivity contribution in [3.63, 3.8) is 0 Å². The van der Waals surface area contributed by atoms with E-state index < -0.39 is 5.97 Å². The Kier molecular flexibility index (Phi) is 3.11. The van der Waals surface area contributed by atoms with E-state index in [4.69, 9.17) is 5.11 Å². The number of anilines is 1. The lowest BCUT2D eigenvalue weighted by Gasteiger charge is -2.09. The SMILES string of the molecule is O=C(O)c1ccccc1N(Br)Br. The Morgan fingerprint density at radius 3 is 2.33 bits per heavy atom. The highest BCUT2D eigenvalue weighted by molar-refractivity contribution is 9.25. The van der Waals surface area contributed by atoms with E-state index in [1.165, 1.54) is 9.02 Å². The van der Waals surface area contributed by atoms with E-state index in [0.717, 1.165) is 0 Å². The molecule has 0 bridgehead atoms. The van der Waals surface area contributed by atoms with Gasteiger partial charge in [-0.1, -0.05) is 12.1 Å². The Labute approximate surface area is 86.7 Å². The summed E-state index contributed by atoms with van der Waals surface area (Å²) < 4.78 is 1.41. The van der Waals surface area contributed by atoms with Gasteiger partial charge in [0.1, 0.15) is 0 Å². The summed E-state index contributed by atoms with van der Waals surface area (Å²) in [4.78, 5) is 10.7. The fraction of sp³-hybridized carbons (Fsp3) is 0. The molecule has 0 amide bonds. The van der Waals surface area contributed by atoms with Gasteiger partial charge in [0, 0.05) is 0 Å². The summed E-state index contributed by atoms with van der Waals surface area (Å²) >= 11 is 6.18. The molecule has 0 spiro atoms. The van der Waals surface area contributed by atoms with Crippen LogP contribution in [-0.4, -0.2) is 11.1 Å². The lowest BCUT2D eigenvalue weighted by atomic mass is 10.2. The summed E-state index contributed by atoms with van der Waals surface area (Å²) in [6, 6.07) is 6.66. The van der Waals surface area contributed by atoms with E-state index >= 15 is 0 Å². The van der Waals surface area contributed by atoms with Crippen molar-refractivity contribution < 1.29 is 9.90 Å². The van der Waals surface area contributed by atoms with Crippen LogP contribution in [0.25, 0.3) is 0 Å². The first-order valence-corrected chi connectivity index (χ1v) is 4.49. The number of para-hydroxylation sites is 1. The van der Waals surface area contributed by atoms with Crippen LogP contribution in [-0.2, 0) is 0 Å². The smallest absolute Gasteiger partial charge is 0.337 e. The van der Waals surface area contributed by atoms with Crippen molar-refractivity contribution in [1.29, 1.82) is 0 Å². The monoisotopic (exact) mass is 293 g/mol. The molecule has 5 heteroatoms. The highest BCUT2D eigenvalue weighted by Crippen LogP contribution is 2.25. The fourth-order valence-corrected chi connectivity index (χ4v) is 1.42. The molecule has 1 aromatic rings. The Bertz CT molecular complexity index is 301. The van der Waals surface area contributed by atoms with Crippen LogP contribution in [0.15, 0.2) is 24.3 Å². The first-order chi connectivity index (χ1) is 5.63. The van der Waals surface area contributed by atoms with E-state index in [1.807, 2.05) is 0 Å². The van der Waals surface area contributed by atoms with Crippen LogP contribution in [0.2, 0.25) is 0 Å². The van der Waals surface area contributed by atoms with Crippen LogP contribution in [0.3, 0.4) is 0 Å². The molecule has 1 rings (SSSR count). The summed E-state index contributed by atoms with van der Waals surface area (Å²) in [7, 11) is 0. The highest BCUT2D eigenvalue weighted by Gasteiger charge is 2.11. The normalized spacial score (nSPS) is 9.50. The molecular weight excluding hydrogens is 290 g/mol. The van der Waals surface area contributed by atoms with Crippen molar-refractivity contribution in [3.8, 4) is 0 Å². The Balaban J connectivity index is 3.17. The molecule has 64 valence electrons. The van der Waals surface area contributed by atoms with Gasteiger partial charge in [0.15, 0.2) is 0 Å². The van der Waals surface area contributed by atoms with E-state index in [-0.39, 0.29) is 5.56 Å². The third-order valence-electron chi connectivity index (χ3n) is 1.32. The number of rotatable bonds is 2. The first-order valence-electron chi connectivity index (χ1n) is 3.07. The zero-order valence-electron chi connectivity index (χ0n) is 5.87. The molecule has 0 unspecified atom stereocenters. The molecule has 0 aliphatic rings. The largest absolute Gasteiger partial charge is 0.478 e. The number of benzene rings is 1. The van der Waals surface area contributed by atoms with Crippen molar-refractivity contribution in [2.45, 2.75) is 0 Å². The van der Waals surface area contributed by atoms with Gasteiger partial charge in [0.2, 0.25) is 0 Å². The maximum Gasteiger partial charge on any atom is 0.337 e. The van der Waals surface area contributed by atoms with Crippen LogP contribution in [0.1, 0.15) is 10.4 Å². The minimum Gasteiger partial charge on any atom is -0.478 e. The Morgan fingerprint density at radius 2 is 1.92 bits per heavy atom. The minimum absolute atomic E-state index is 0.242. The quantitative estimate of drug-likeness (QED) is 0.853. The average molecular weight is 295 g/mol. The molecule has 1 aromatic carbocycles. The van der Waals surface area contributed by atoms with Crippen molar-refractivity contribution in [2.75, 3.05) is 2.95 Å². The second kappa shape index (κ2) is 3.91. The number of halogens is 2. The predicted molar refractivity (Wildman–Crippen MR) is 53.7 cm³/mol. The molecule has 0 aliphatic carbocycles. The molecule has 0 aromatic heterocycles. The van der Waals surface area contributed by atoms with Gasteiger partial charge < -0.3 is 5.11 Å². The van der Waals surface area contributed by atoms with Gasteiger partial charge in [-0.2, -0.15) is 0 Å². The number of nitrogens with zero attached hydrogens (tertiary/aromatic N) is 1. The van der Waals surface area contributed by atoms with Gasteiger partial charge in [0.05, 0.1) is 43.5 Å².